The van der Waals surface area contributed by atoms with Crippen molar-refractivity contribution in [2.45, 2.75) is 32.3 Å². The number of carbonyl (C=O) groups is 1. The summed E-state index contributed by atoms with van der Waals surface area (Å²) < 4.78 is 6.54. The molecule has 1 amide bonds. The fourth-order valence-corrected chi connectivity index (χ4v) is 2.52. The number of benzene rings is 1. The first-order valence-electron chi connectivity index (χ1n) is 7.03. The van der Waals surface area contributed by atoms with Gasteiger partial charge in [0.25, 0.3) is 0 Å². The fraction of sp³-hybridized carbons (Fsp3) is 0.533. The van der Waals surface area contributed by atoms with Gasteiger partial charge in [0, 0.05) is 36.3 Å². The molecule has 1 aromatic carbocycles. The zero-order chi connectivity index (χ0) is 14.4. The lowest BCUT2D eigenvalue weighted by molar-refractivity contribution is -0.121. The van der Waals surface area contributed by atoms with Gasteiger partial charge in [0.05, 0.1) is 6.10 Å². The third-order valence-electron chi connectivity index (χ3n) is 3.40. The quantitative estimate of drug-likeness (QED) is 0.837. The molecule has 0 aliphatic carbocycles. The molecule has 2 N–H and O–H groups in total. The van der Waals surface area contributed by atoms with Crippen molar-refractivity contribution >= 4 is 27.5 Å². The summed E-state index contributed by atoms with van der Waals surface area (Å²) in [5.41, 5.74) is 2.22. The molecular formula is C15H21BrN2O2. The maximum absolute atomic E-state index is 11.7. The Morgan fingerprint density at radius 1 is 1.50 bits per heavy atom. The minimum Gasteiger partial charge on any atom is -0.384 e. The van der Waals surface area contributed by atoms with E-state index in [9.17, 15) is 4.79 Å². The third kappa shape index (κ3) is 4.80. The van der Waals surface area contributed by atoms with Gasteiger partial charge in [-0.1, -0.05) is 22.0 Å². The maximum atomic E-state index is 11.7. The van der Waals surface area contributed by atoms with Crippen LogP contribution >= 0.6 is 15.9 Å². The number of amides is 1. The second kappa shape index (κ2) is 7.64. The van der Waals surface area contributed by atoms with Gasteiger partial charge in [-0.2, -0.15) is 0 Å². The van der Waals surface area contributed by atoms with Crippen LogP contribution in [0.2, 0.25) is 0 Å². The highest BCUT2D eigenvalue weighted by molar-refractivity contribution is 9.10. The third-order valence-corrected chi connectivity index (χ3v) is 4.26. The summed E-state index contributed by atoms with van der Waals surface area (Å²) in [5, 5.41) is 6.17. The number of anilines is 1. The van der Waals surface area contributed by atoms with Crippen LogP contribution in [0.15, 0.2) is 22.7 Å². The van der Waals surface area contributed by atoms with Crippen molar-refractivity contribution in [3.8, 4) is 0 Å². The minimum absolute atomic E-state index is 0.0687. The van der Waals surface area contributed by atoms with Gasteiger partial charge in [-0.05, 0) is 37.5 Å². The first-order chi connectivity index (χ1) is 9.65. The number of halogens is 1. The molecule has 1 aliphatic rings. The summed E-state index contributed by atoms with van der Waals surface area (Å²) in [5.74, 6) is 0.0687. The Labute approximate surface area is 128 Å². The van der Waals surface area contributed by atoms with Crippen molar-refractivity contribution in [3.63, 3.8) is 0 Å². The van der Waals surface area contributed by atoms with Gasteiger partial charge in [-0.15, -0.1) is 0 Å². The van der Waals surface area contributed by atoms with Gasteiger partial charge in [-0.25, -0.2) is 0 Å². The SMILES string of the molecule is Cc1ccc(NCCC(=O)NCC2CCCO2)cc1Br. The van der Waals surface area contributed by atoms with Gasteiger partial charge >= 0.3 is 0 Å². The maximum Gasteiger partial charge on any atom is 0.221 e. The van der Waals surface area contributed by atoms with Gasteiger partial charge in [-0.3, -0.25) is 4.79 Å². The highest BCUT2D eigenvalue weighted by atomic mass is 79.9. The summed E-state index contributed by atoms with van der Waals surface area (Å²) in [4.78, 5) is 11.7. The molecule has 110 valence electrons. The van der Waals surface area contributed by atoms with Crippen molar-refractivity contribution < 1.29 is 9.53 Å². The van der Waals surface area contributed by atoms with E-state index < -0.39 is 0 Å². The van der Waals surface area contributed by atoms with Gasteiger partial charge < -0.3 is 15.4 Å². The fourth-order valence-electron chi connectivity index (χ4n) is 2.14. The summed E-state index contributed by atoms with van der Waals surface area (Å²) in [7, 11) is 0. The Kier molecular flexibility index (Phi) is 5.86. The summed E-state index contributed by atoms with van der Waals surface area (Å²) in [6.45, 7) is 4.14. The molecular weight excluding hydrogens is 320 g/mol. The number of hydrogen-bond acceptors (Lipinski definition) is 3. The Morgan fingerprint density at radius 3 is 3.05 bits per heavy atom. The molecule has 1 aliphatic heterocycles. The van der Waals surface area contributed by atoms with Crippen molar-refractivity contribution in [2.24, 2.45) is 0 Å². The smallest absolute Gasteiger partial charge is 0.221 e. The lowest BCUT2D eigenvalue weighted by Gasteiger charge is -2.11. The lowest BCUT2D eigenvalue weighted by Crippen LogP contribution is -2.32. The van der Waals surface area contributed by atoms with Crippen LogP contribution in [-0.2, 0) is 9.53 Å². The molecule has 1 atom stereocenters. The normalized spacial score (nSPS) is 18.0. The molecule has 0 bridgehead atoms. The molecule has 0 saturated carbocycles. The van der Waals surface area contributed by atoms with Crippen molar-refractivity contribution in [1.29, 1.82) is 0 Å². The average molecular weight is 341 g/mol. The molecule has 5 heteroatoms. The molecule has 20 heavy (non-hydrogen) atoms. The van der Waals surface area contributed by atoms with Crippen LogP contribution in [0, 0.1) is 6.92 Å². The Balaban J connectivity index is 1.64. The highest BCUT2D eigenvalue weighted by Crippen LogP contribution is 2.20. The van der Waals surface area contributed by atoms with Gasteiger partial charge in [0.2, 0.25) is 5.91 Å². The number of carbonyl (C=O) groups excluding carboxylic acids is 1. The first kappa shape index (κ1) is 15.3. The molecule has 1 saturated heterocycles. The predicted molar refractivity (Wildman–Crippen MR) is 84.0 cm³/mol. The summed E-state index contributed by atoms with van der Waals surface area (Å²) in [6, 6.07) is 6.09. The van der Waals surface area contributed by atoms with E-state index in [-0.39, 0.29) is 12.0 Å². The van der Waals surface area contributed by atoms with Crippen molar-refractivity contribution in [1.82, 2.24) is 5.32 Å². The van der Waals surface area contributed by atoms with E-state index in [1.807, 2.05) is 25.1 Å². The van der Waals surface area contributed by atoms with E-state index in [4.69, 9.17) is 4.74 Å². The molecule has 1 unspecified atom stereocenters. The Morgan fingerprint density at radius 2 is 2.35 bits per heavy atom. The van der Waals surface area contributed by atoms with Crippen LogP contribution in [0.1, 0.15) is 24.8 Å². The molecule has 2 rings (SSSR count). The lowest BCUT2D eigenvalue weighted by atomic mass is 10.2. The minimum atomic E-state index is 0.0687. The van der Waals surface area contributed by atoms with Gasteiger partial charge in [0.1, 0.15) is 0 Å². The molecule has 0 aromatic heterocycles. The van der Waals surface area contributed by atoms with Crippen LogP contribution in [0.5, 0.6) is 0 Å². The van der Waals surface area contributed by atoms with Gasteiger partial charge in [0.15, 0.2) is 0 Å². The average Bonchev–Trinajstić information content (AvgIpc) is 2.94. The largest absolute Gasteiger partial charge is 0.384 e. The van der Waals surface area contributed by atoms with Crippen molar-refractivity contribution in [3.05, 3.63) is 28.2 Å². The summed E-state index contributed by atoms with van der Waals surface area (Å²) >= 11 is 3.50. The molecule has 1 aromatic rings. The van der Waals surface area contributed by atoms with Crippen LogP contribution in [0.4, 0.5) is 5.69 Å². The number of aryl methyl sites for hydroxylation is 1. The highest BCUT2D eigenvalue weighted by Gasteiger charge is 2.15. The number of nitrogens with one attached hydrogen (secondary N) is 2. The monoisotopic (exact) mass is 340 g/mol. The zero-order valence-corrected chi connectivity index (χ0v) is 13.3. The number of rotatable bonds is 6. The van der Waals surface area contributed by atoms with E-state index in [2.05, 4.69) is 26.6 Å². The van der Waals surface area contributed by atoms with E-state index >= 15 is 0 Å². The Hall–Kier alpha value is -1.07. The van der Waals surface area contributed by atoms with E-state index in [1.165, 1.54) is 5.56 Å². The second-order valence-electron chi connectivity index (χ2n) is 5.08. The molecule has 1 heterocycles. The Bertz CT molecular complexity index is 459. The number of ether oxygens (including phenoxy) is 1. The second-order valence-corrected chi connectivity index (χ2v) is 5.93. The predicted octanol–water partition coefficient (Wildman–Crippen LogP) is 2.85. The van der Waals surface area contributed by atoms with Crippen LogP contribution in [0.25, 0.3) is 0 Å². The van der Waals surface area contributed by atoms with E-state index in [1.54, 1.807) is 0 Å². The summed E-state index contributed by atoms with van der Waals surface area (Å²) in [6.07, 6.45) is 2.83. The van der Waals surface area contributed by atoms with E-state index in [0.717, 1.165) is 29.6 Å². The molecule has 0 spiro atoms. The van der Waals surface area contributed by atoms with E-state index in [0.29, 0.717) is 19.5 Å². The van der Waals surface area contributed by atoms with Crippen LogP contribution in [0.3, 0.4) is 0 Å². The van der Waals surface area contributed by atoms with Crippen LogP contribution < -0.4 is 10.6 Å². The van der Waals surface area contributed by atoms with Crippen molar-refractivity contribution in [2.75, 3.05) is 25.0 Å². The topological polar surface area (TPSA) is 50.4 Å². The molecule has 4 nitrogen and oxygen atoms in total. The first-order valence-corrected chi connectivity index (χ1v) is 7.83. The standard InChI is InChI=1S/C15H21BrN2O2/c1-11-4-5-12(9-14(11)16)17-7-6-15(19)18-10-13-3-2-8-20-13/h4-5,9,13,17H,2-3,6-8,10H2,1H3,(H,18,19). The number of hydrogen-bond donors (Lipinski definition) is 2. The molecule has 0 radical (unpaired) electrons. The van der Waals surface area contributed by atoms with Crippen LogP contribution in [-0.4, -0.2) is 31.7 Å². The molecule has 1 fully saturated rings. The zero-order valence-electron chi connectivity index (χ0n) is 11.7.